The maximum absolute atomic E-state index is 13.2. The molecule has 0 unspecified atom stereocenters. The zero-order chi connectivity index (χ0) is 14.7. The number of nitrogens with one attached hydrogen (secondary N) is 1. The quantitative estimate of drug-likeness (QED) is 0.671. The fourth-order valence-electron chi connectivity index (χ4n) is 2.21. The van der Waals surface area contributed by atoms with Crippen LogP contribution in [0.3, 0.4) is 0 Å². The van der Waals surface area contributed by atoms with E-state index in [2.05, 4.69) is 41.5 Å². The number of halogens is 1. The van der Waals surface area contributed by atoms with Gasteiger partial charge in [0.25, 0.3) is 0 Å². The summed E-state index contributed by atoms with van der Waals surface area (Å²) in [7, 11) is 0. The smallest absolute Gasteiger partial charge is 0.188 e. The number of aromatic nitrogens is 1. The molecule has 2 aromatic carbocycles. The molecular weight excluding hydrogens is 283 g/mol. The number of anilines is 2. The van der Waals surface area contributed by atoms with Crippen LogP contribution in [0.1, 0.15) is 25.3 Å². The molecule has 3 rings (SSSR count). The topological polar surface area (TPSA) is 24.9 Å². The number of fused-ring (bicyclic) bond motifs is 1. The number of hydrogen-bond acceptors (Lipinski definition) is 3. The Labute approximate surface area is 127 Å². The number of rotatable bonds is 5. The number of aryl methyl sites for hydroxylation is 1. The highest BCUT2D eigenvalue weighted by molar-refractivity contribution is 7.22. The fraction of sp³-hybridized carbons (Fsp3) is 0.235. The van der Waals surface area contributed by atoms with Crippen LogP contribution >= 0.6 is 11.3 Å². The lowest BCUT2D eigenvalue weighted by molar-refractivity contribution is 0.629. The van der Waals surface area contributed by atoms with Crippen molar-refractivity contribution >= 4 is 32.4 Å². The fourth-order valence-corrected chi connectivity index (χ4v) is 3.08. The standard InChI is InChI=1S/C17H17FN2S/c1-2-3-4-12-5-8-14(9-6-12)19-17-20-15-11-13(18)7-10-16(15)21-17/h5-11H,2-4H2,1H3,(H,19,20). The summed E-state index contributed by atoms with van der Waals surface area (Å²) in [6, 6.07) is 13.1. The van der Waals surface area contributed by atoms with Gasteiger partial charge in [0.1, 0.15) is 5.82 Å². The maximum atomic E-state index is 13.2. The molecule has 4 heteroatoms. The van der Waals surface area contributed by atoms with E-state index >= 15 is 0 Å². The van der Waals surface area contributed by atoms with Crippen LogP contribution in [0.15, 0.2) is 42.5 Å². The minimum Gasteiger partial charge on any atom is -0.332 e. The maximum Gasteiger partial charge on any atom is 0.188 e. The van der Waals surface area contributed by atoms with Gasteiger partial charge in [-0.2, -0.15) is 0 Å². The molecule has 0 radical (unpaired) electrons. The predicted octanol–water partition coefficient (Wildman–Crippen LogP) is 5.52. The highest BCUT2D eigenvalue weighted by atomic mass is 32.1. The Hall–Kier alpha value is -1.94. The molecule has 2 nitrogen and oxygen atoms in total. The molecule has 108 valence electrons. The molecule has 0 aliphatic heterocycles. The normalized spacial score (nSPS) is 11.0. The summed E-state index contributed by atoms with van der Waals surface area (Å²) in [5.41, 5.74) is 3.06. The molecule has 1 aromatic heterocycles. The second-order valence-corrected chi connectivity index (χ2v) is 6.09. The SMILES string of the molecule is CCCCc1ccc(Nc2nc3cc(F)ccc3s2)cc1. The summed E-state index contributed by atoms with van der Waals surface area (Å²) < 4.78 is 14.1. The van der Waals surface area contributed by atoms with Gasteiger partial charge in [-0.1, -0.05) is 36.8 Å². The Kier molecular flexibility index (Phi) is 4.15. The number of benzene rings is 2. The van der Waals surface area contributed by atoms with Crippen molar-refractivity contribution in [3.63, 3.8) is 0 Å². The van der Waals surface area contributed by atoms with E-state index in [4.69, 9.17) is 0 Å². The third-order valence-corrected chi connectivity index (χ3v) is 4.33. The summed E-state index contributed by atoms with van der Waals surface area (Å²) in [5.74, 6) is -0.250. The molecule has 0 spiro atoms. The van der Waals surface area contributed by atoms with Crippen molar-refractivity contribution in [2.24, 2.45) is 0 Å². The van der Waals surface area contributed by atoms with Gasteiger partial charge in [-0.05, 0) is 42.7 Å². The lowest BCUT2D eigenvalue weighted by atomic mass is 10.1. The number of thiazole rings is 1. The van der Waals surface area contributed by atoms with Gasteiger partial charge in [-0.15, -0.1) is 0 Å². The van der Waals surface area contributed by atoms with Gasteiger partial charge in [-0.3, -0.25) is 0 Å². The van der Waals surface area contributed by atoms with Gasteiger partial charge in [0.05, 0.1) is 10.2 Å². The van der Waals surface area contributed by atoms with Crippen LogP contribution in [0.25, 0.3) is 10.2 Å². The Bertz CT molecular complexity index is 734. The molecule has 1 N–H and O–H groups in total. The number of nitrogens with zero attached hydrogens (tertiary/aromatic N) is 1. The molecular formula is C17H17FN2S. The molecule has 0 aliphatic rings. The molecule has 21 heavy (non-hydrogen) atoms. The van der Waals surface area contributed by atoms with Crippen molar-refractivity contribution in [1.29, 1.82) is 0 Å². The van der Waals surface area contributed by atoms with Gasteiger partial charge in [0, 0.05) is 11.8 Å². The first-order chi connectivity index (χ1) is 10.2. The summed E-state index contributed by atoms with van der Waals surface area (Å²) in [6.07, 6.45) is 3.55. The summed E-state index contributed by atoms with van der Waals surface area (Å²) >= 11 is 1.53. The molecule has 0 saturated carbocycles. The molecule has 0 bridgehead atoms. The van der Waals surface area contributed by atoms with Crippen LogP contribution in [0.5, 0.6) is 0 Å². The van der Waals surface area contributed by atoms with E-state index in [9.17, 15) is 4.39 Å². The average Bonchev–Trinajstić information content (AvgIpc) is 2.88. The van der Waals surface area contributed by atoms with Crippen LogP contribution in [0, 0.1) is 5.82 Å². The zero-order valence-electron chi connectivity index (χ0n) is 11.9. The molecule has 3 aromatic rings. The lowest BCUT2D eigenvalue weighted by Crippen LogP contribution is -1.90. The van der Waals surface area contributed by atoms with Crippen molar-refractivity contribution < 1.29 is 4.39 Å². The summed E-state index contributed by atoms with van der Waals surface area (Å²) in [6.45, 7) is 2.20. The first-order valence-electron chi connectivity index (χ1n) is 7.16. The van der Waals surface area contributed by atoms with Gasteiger partial charge in [0.15, 0.2) is 5.13 Å². The Morgan fingerprint density at radius 1 is 1.14 bits per heavy atom. The third-order valence-electron chi connectivity index (χ3n) is 3.37. The Morgan fingerprint density at radius 2 is 1.95 bits per heavy atom. The van der Waals surface area contributed by atoms with E-state index in [1.165, 1.54) is 41.9 Å². The van der Waals surface area contributed by atoms with E-state index < -0.39 is 0 Å². The van der Waals surface area contributed by atoms with Crippen LogP contribution in [-0.4, -0.2) is 4.98 Å². The summed E-state index contributed by atoms with van der Waals surface area (Å²) in [5, 5.41) is 4.07. The molecule has 0 amide bonds. The van der Waals surface area contributed by atoms with Crippen LogP contribution in [0.4, 0.5) is 15.2 Å². The Morgan fingerprint density at radius 3 is 2.71 bits per heavy atom. The molecule has 0 fully saturated rings. The zero-order valence-corrected chi connectivity index (χ0v) is 12.7. The van der Waals surface area contributed by atoms with Crippen LogP contribution in [0.2, 0.25) is 0 Å². The van der Waals surface area contributed by atoms with Gasteiger partial charge in [0.2, 0.25) is 0 Å². The van der Waals surface area contributed by atoms with Crippen molar-refractivity contribution in [2.45, 2.75) is 26.2 Å². The Balaban J connectivity index is 1.75. The number of unbranched alkanes of at least 4 members (excludes halogenated alkanes) is 1. The second kappa shape index (κ2) is 6.22. The molecule has 1 heterocycles. The van der Waals surface area contributed by atoms with Gasteiger partial charge in [-0.25, -0.2) is 9.37 Å². The van der Waals surface area contributed by atoms with E-state index in [1.54, 1.807) is 6.07 Å². The monoisotopic (exact) mass is 300 g/mol. The predicted molar refractivity (Wildman–Crippen MR) is 87.9 cm³/mol. The van der Waals surface area contributed by atoms with Crippen LogP contribution < -0.4 is 5.32 Å². The van der Waals surface area contributed by atoms with Crippen molar-refractivity contribution in [1.82, 2.24) is 4.98 Å². The number of hydrogen-bond donors (Lipinski definition) is 1. The minimum atomic E-state index is -0.250. The van der Waals surface area contributed by atoms with Crippen molar-refractivity contribution in [3.8, 4) is 0 Å². The van der Waals surface area contributed by atoms with Crippen LogP contribution in [-0.2, 0) is 6.42 Å². The average molecular weight is 300 g/mol. The van der Waals surface area contributed by atoms with E-state index in [0.717, 1.165) is 21.9 Å². The van der Waals surface area contributed by atoms with E-state index in [-0.39, 0.29) is 5.82 Å². The van der Waals surface area contributed by atoms with E-state index in [1.807, 2.05) is 0 Å². The first kappa shape index (κ1) is 14.0. The largest absolute Gasteiger partial charge is 0.332 e. The van der Waals surface area contributed by atoms with Crippen molar-refractivity contribution in [3.05, 3.63) is 53.8 Å². The highest BCUT2D eigenvalue weighted by Gasteiger charge is 2.05. The van der Waals surface area contributed by atoms with Gasteiger partial charge < -0.3 is 5.32 Å². The first-order valence-corrected chi connectivity index (χ1v) is 7.98. The second-order valence-electron chi connectivity index (χ2n) is 5.06. The van der Waals surface area contributed by atoms with E-state index in [0.29, 0.717) is 5.52 Å². The molecule has 0 atom stereocenters. The minimum absolute atomic E-state index is 0.250. The summed E-state index contributed by atoms with van der Waals surface area (Å²) in [4.78, 5) is 4.41. The highest BCUT2D eigenvalue weighted by Crippen LogP contribution is 2.28. The van der Waals surface area contributed by atoms with Crippen molar-refractivity contribution in [2.75, 3.05) is 5.32 Å². The lowest BCUT2D eigenvalue weighted by Gasteiger charge is -2.04. The third kappa shape index (κ3) is 3.39. The van der Waals surface area contributed by atoms with Gasteiger partial charge >= 0.3 is 0 Å². The molecule has 0 saturated heterocycles. The molecule has 0 aliphatic carbocycles.